The second kappa shape index (κ2) is 6.24. The molecule has 0 unspecified atom stereocenters. The number of aryl methyl sites for hydroxylation is 1. The number of rotatable bonds is 5. The molecular formula is C16H23N5. The summed E-state index contributed by atoms with van der Waals surface area (Å²) in [5.74, 6) is 1.74. The van der Waals surface area contributed by atoms with Crippen LogP contribution in [0.4, 0.5) is 5.69 Å². The van der Waals surface area contributed by atoms with Gasteiger partial charge >= 0.3 is 0 Å². The minimum Gasteiger partial charge on any atom is -0.398 e. The first kappa shape index (κ1) is 14.0. The van der Waals surface area contributed by atoms with E-state index >= 15 is 0 Å². The minimum absolute atomic E-state index is 0.785. The van der Waals surface area contributed by atoms with Crippen LogP contribution in [0.15, 0.2) is 18.2 Å². The minimum atomic E-state index is 0.785. The Bertz CT molecular complexity index is 598. The summed E-state index contributed by atoms with van der Waals surface area (Å²) in [5.41, 5.74) is 8.84. The highest BCUT2D eigenvalue weighted by Gasteiger charge is 2.16. The fourth-order valence-corrected chi connectivity index (χ4v) is 3.27. The maximum absolute atomic E-state index is 5.98. The number of aromatic nitrogens is 4. The van der Waals surface area contributed by atoms with Crippen molar-refractivity contribution < 1.29 is 0 Å². The molecule has 0 atom stereocenters. The smallest absolute Gasteiger partial charge is 0.182 e. The highest BCUT2D eigenvalue weighted by molar-refractivity contribution is 5.67. The number of nitrogen functional groups attached to an aromatic ring is 1. The standard InChI is InChI=1S/C16H23N5/c1-12-14(9-4-10-15(12)17)16-18-19-20-21(16)11-5-8-13-6-2-3-7-13/h4,9-10,13H,2-3,5-8,11,17H2,1H3. The third kappa shape index (κ3) is 3.06. The van der Waals surface area contributed by atoms with E-state index in [2.05, 4.69) is 15.5 Å². The van der Waals surface area contributed by atoms with E-state index in [0.29, 0.717) is 0 Å². The SMILES string of the molecule is Cc1c(N)cccc1-c1nnnn1CCCC1CCCC1. The summed E-state index contributed by atoms with van der Waals surface area (Å²) in [4.78, 5) is 0. The second-order valence-electron chi connectivity index (χ2n) is 6.04. The van der Waals surface area contributed by atoms with Crippen LogP contribution in [0.25, 0.3) is 11.4 Å². The molecule has 0 spiro atoms. The maximum atomic E-state index is 5.98. The van der Waals surface area contributed by atoms with E-state index in [1.54, 1.807) is 0 Å². The molecule has 0 aliphatic heterocycles. The van der Waals surface area contributed by atoms with Crippen LogP contribution < -0.4 is 5.73 Å². The lowest BCUT2D eigenvalue weighted by Crippen LogP contribution is -2.06. The lowest BCUT2D eigenvalue weighted by Gasteiger charge is -2.10. The van der Waals surface area contributed by atoms with Crippen LogP contribution in [0.3, 0.4) is 0 Å². The Balaban J connectivity index is 1.70. The largest absolute Gasteiger partial charge is 0.398 e. The molecule has 1 aliphatic carbocycles. The zero-order valence-corrected chi connectivity index (χ0v) is 12.6. The fraction of sp³-hybridized carbons (Fsp3) is 0.562. The van der Waals surface area contributed by atoms with E-state index in [9.17, 15) is 0 Å². The van der Waals surface area contributed by atoms with Crippen LogP contribution in [-0.4, -0.2) is 20.2 Å². The van der Waals surface area contributed by atoms with E-state index < -0.39 is 0 Å². The van der Waals surface area contributed by atoms with Crippen LogP contribution in [0.5, 0.6) is 0 Å². The van der Waals surface area contributed by atoms with Gasteiger partial charge in [-0.15, -0.1) is 5.10 Å². The Kier molecular flexibility index (Phi) is 4.18. The molecule has 1 aromatic heterocycles. The van der Waals surface area contributed by atoms with Gasteiger partial charge in [0.2, 0.25) is 0 Å². The van der Waals surface area contributed by atoms with Gasteiger partial charge in [0.25, 0.3) is 0 Å². The third-order valence-corrected chi connectivity index (χ3v) is 4.61. The zero-order valence-electron chi connectivity index (χ0n) is 12.6. The predicted octanol–water partition coefficient (Wildman–Crippen LogP) is 3.20. The Morgan fingerprint density at radius 2 is 2.10 bits per heavy atom. The van der Waals surface area contributed by atoms with E-state index in [-0.39, 0.29) is 0 Å². The average Bonchev–Trinajstić information content (AvgIpc) is 3.14. The molecule has 2 N–H and O–H groups in total. The molecule has 0 bridgehead atoms. The molecule has 1 saturated carbocycles. The molecule has 5 nitrogen and oxygen atoms in total. The lowest BCUT2D eigenvalue weighted by atomic mass is 10.0. The second-order valence-corrected chi connectivity index (χ2v) is 6.04. The van der Waals surface area contributed by atoms with Gasteiger partial charge in [-0.3, -0.25) is 0 Å². The van der Waals surface area contributed by atoms with Crippen molar-refractivity contribution in [2.24, 2.45) is 5.92 Å². The van der Waals surface area contributed by atoms with Crippen molar-refractivity contribution in [2.45, 2.75) is 52.0 Å². The average molecular weight is 285 g/mol. The molecule has 5 heteroatoms. The van der Waals surface area contributed by atoms with Gasteiger partial charge in [0.05, 0.1) is 0 Å². The van der Waals surface area contributed by atoms with Gasteiger partial charge in [0.1, 0.15) is 0 Å². The van der Waals surface area contributed by atoms with Crippen molar-refractivity contribution in [3.05, 3.63) is 23.8 Å². The van der Waals surface area contributed by atoms with Crippen LogP contribution in [0, 0.1) is 12.8 Å². The number of hydrogen-bond donors (Lipinski definition) is 1. The molecule has 0 amide bonds. The first-order chi connectivity index (χ1) is 10.3. The predicted molar refractivity (Wildman–Crippen MR) is 83.6 cm³/mol. The molecule has 0 saturated heterocycles. The van der Waals surface area contributed by atoms with Crippen molar-refractivity contribution >= 4 is 5.69 Å². The quantitative estimate of drug-likeness (QED) is 0.856. The fourth-order valence-electron chi connectivity index (χ4n) is 3.27. The number of nitrogens with zero attached hydrogens (tertiary/aromatic N) is 4. The molecule has 0 radical (unpaired) electrons. The van der Waals surface area contributed by atoms with Gasteiger partial charge in [-0.2, -0.15) is 0 Å². The first-order valence-corrected chi connectivity index (χ1v) is 7.87. The topological polar surface area (TPSA) is 69.6 Å². The van der Waals surface area contributed by atoms with Crippen molar-refractivity contribution in [2.75, 3.05) is 5.73 Å². The molecule has 1 aliphatic rings. The molecule has 21 heavy (non-hydrogen) atoms. The van der Waals surface area contributed by atoms with Crippen molar-refractivity contribution in [3.8, 4) is 11.4 Å². The Morgan fingerprint density at radius 1 is 1.29 bits per heavy atom. The van der Waals surface area contributed by atoms with Gasteiger partial charge in [-0.05, 0) is 47.7 Å². The zero-order chi connectivity index (χ0) is 14.7. The summed E-state index contributed by atoms with van der Waals surface area (Å²) in [6, 6.07) is 5.90. The van der Waals surface area contributed by atoms with E-state index in [0.717, 1.165) is 41.5 Å². The Hall–Kier alpha value is -1.91. The highest BCUT2D eigenvalue weighted by atomic mass is 15.5. The maximum Gasteiger partial charge on any atom is 0.182 e. The summed E-state index contributed by atoms with van der Waals surface area (Å²) in [6.45, 7) is 2.90. The van der Waals surface area contributed by atoms with E-state index in [1.165, 1.54) is 32.1 Å². The number of anilines is 1. The summed E-state index contributed by atoms with van der Waals surface area (Å²) < 4.78 is 1.91. The Morgan fingerprint density at radius 3 is 2.90 bits per heavy atom. The van der Waals surface area contributed by atoms with E-state index in [4.69, 9.17) is 5.73 Å². The lowest BCUT2D eigenvalue weighted by molar-refractivity contribution is 0.444. The molecule has 2 aromatic rings. The van der Waals surface area contributed by atoms with Crippen LogP contribution in [0.1, 0.15) is 44.1 Å². The van der Waals surface area contributed by atoms with Crippen molar-refractivity contribution in [1.82, 2.24) is 20.2 Å². The normalized spacial score (nSPS) is 15.7. The molecule has 112 valence electrons. The number of nitrogens with two attached hydrogens (primary N) is 1. The van der Waals surface area contributed by atoms with Crippen LogP contribution >= 0.6 is 0 Å². The molecule has 3 rings (SSSR count). The summed E-state index contributed by atoms with van der Waals surface area (Å²) >= 11 is 0. The van der Waals surface area contributed by atoms with Gasteiger partial charge < -0.3 is 5.73 Å². The highest BCUT2D eigenvalue weighted by Crippen LogP contribution is 2.29. The van der Waals surface area contributed by atoms with Gasteiger partial charge in [0.15, 0.2) is 5.82 Å². The Labute approximate surface area is 125 Å². The molecule has 1 fully saturated rings. The van der Waals surface area contributed by atoms with Gasteiger partial charge in [0, 0.05) is 17.8 Å². The first-order valence-electron chi connectivity index (χ1n) is 7.87. The number of benzene rings is 1. The molecule has 1 heterocycles. The number of tetrazole rings is 1. The van der Waals surface area contributed by atoms with Crippen LogP contribution in [-0.2, 0) is 6.54 Å². The van der Waals surface area contributed by atoms with Crippen LogP contribution in [0.2, 0.25) is 0 Å². The van der Waals surface area contributed by atoms with E-state index in [1.807, 2.05) is 29.8 Å². The number of hydrogen-bond acceptors (Lipinski definition) is 4. The summed E-state index contributed by atoms with van der Waals surface area (Å²) in [5, 5.41) is 12.2. The van der Waals surface area contributed by atoms with Crippen molar-refractivity contribution in [1.29, 1.82) is 0 Å². The summed E-state index contributed by atoms with van der Waals surface area (Å²) in [7, 11) is 0. The third-order valence-electron chi connectivity index (χ3n) is 4.61. The van der Waals surface area contributed by atoms with Gasteiger partial charge in [-0.25, -0.2) is 4.68 Å². The molecule has 1 aromatic carbocycles. The monoisotopic (exact) mass is 285 g/mol. The summed E-state index contributed by atoms with van der Waals surface area (Å²) in [6.07, 6.45) is 8.04. The van der Waals surface area contributed by atoms with Crippen molar-refractivity contribution in [3.63, 3.8) is 0 Å². The molecular weight excluding hydrogens is 262 g/mol. The van der Waals surface area contributed by atoms with Gasteiger partial charge in [-0.1, -0.05) is 37.8 Å².